The first-order valence-electron chi connectivity index (χ1n) is 11.4. The summed E-state index contributed by atoms with van der Waals surface area (Å²) in [5.41, 5.74) is 0.916. The molecule has 0 aliphatic carbocycles. The van der Waals surface area contributed by atoms with Crippen LogP contribution in [0.3, 0.4) is 0 Å². The molecule has 0 saturated carbocycles. The van der Waals surface area contributed by atoms with Gasteiger partial charge < -0.3 is 24.0 Å². The Bertz CT molecular complexity index is 1130. The van der Waals surface area contributed by atoms with Gasteiger partial charge in [0.15, 0.2) is 5.76 Å². The number of furan rings is 1. The number of nitrogens with zero attached hydrogens (tertiary/aromatic N) is 7. The average molecular weight is 480 g/mol. The number of rotatable bonds is 9. The van der Waals surface area contributed by atoms with E-state index in [1.54, 1.807) is 17.0 Å². The van der Waals surface area contributed by atoms with Gasteiger partial charge >= 0.3 is 5.69 Å². The van der Waals surface area contributed by atoms with Gasteiger partial charge in [0.25, 0.3) is 5.91 Å². The third-order valence-corrected chi connectivity index (χ3v) is 5.90. The molecular weight excluding hydrogens is 450 g/mol. The summed E-state index contributed by atoms with van der Waals surface area (Å²) in [6, 6.07) is 13.1. The topological polar surface area (TPSA) is 112 Å². The van der Waals surface area contributed by atoms with Gasteiger partial charge in [-0.25, -0.2) is 9.97 Å². The van der Waals surface area contributed by atoms with Crippen molar-refractivity contribution in [3.63, 3.8) is 0 Å². The Labute approximate surface area is 203 Å². The van der Waals surface area contributed by atoms with Gasteiger partial charge in [0.05, 0.1) is 11.2 Å². The SMILES string of the molecule is CN(C)CCN(Cc1ccccc1)c1ncnc(N2CCN(C(=O)c3ccco3)CC2)c1[N+](=O)[O-]. The fourth-order valence-electron chi connectivity index (χ4n) is 4.05. The normalized spacial score (nSPS) is 13.8. The maximum atomic E-state index is 12.6. The number of amides is 1. The van der Waals surface area contributed by atoms with Gasteiger partial charge in [0.2, 0.25) is 11.6 Å². The highest BCUT2D eigenvalue weighted by molar-refractivity contribution is 5.91. The minimum atomic E-state index is -0.404. The molecule has 3 heterocycles. The van der Waals surface area contributed by atoms with E-state index in [1.807, 2.05) is 59.1 Å². The molecule has 1 amide bonds. The van der Waals surface area contributed by atoms with Gasteiger partial charge in [-0.3, -0.25) is 14.9 Å². The van der Waals surface area contributed by atoms with Crippen LogP contribution in [0.5, 0.6) is 0 Å². The number of likely N-dealkylation sites (N-methyl/N-ethyl adjacent to an activating group) is 1. The summed E-state index contributed by atoms with van der Waals surface area (Å²) in [5, 5.41) is 12.3. The standard InChI is InChI=1S/C24H29N7O4/c1-27(2)10-11-30(17-19-7-4-3-5-8-19)23-21(31(33)34)22(25-18-26-23)28-12-14-29(15-13-28)24(32)20-9-6-16-35-20/h3-9,16,18H,10-15,17H2,1-2H3. The van der Waals surface area contributed by atoms with Gasteiger partial charge in [0, 0.05) is 45.8 Å². The molecule has 1 saturated heterocycles. The number of hydrogen-bond donors (Lipinski definition) is 0. The molecule has 3 aromatic rings. The van der Waals surface area contributed by atoms with Crippen LogP contribution in [0.2, 0.25) is 0 Å². The number of nitro groups is 1. The van der Waals surface area contributed by atoms with Crippen LogP contribution in [-0.4, -0.2) is 84.0 Å². The second-order valence-corrected chi connectivity index (χ2v) is 8.59. The predicted octanol–water partition coefficient (Wildman–Crippen LogP) is 2.51. The summed E-state index contributed by atoms with van der Waals surface area (Å²) in [4.78, 5) is 40.6. The quantitative estimate of drug-likeness (QED) is 0.337. The first-order valence-corrected chi connectivity index (χ1v) is 11.4. The van der Waals surface area contributed by atoms with E-state index in [4.69, 9.17) is 4.42 Å². The molecule has 0 atom stereocenters. The van der Waals surface area contributed by atoms with Gasteiger partial charge in [-0.1, -0.05) is 30.3 Å². The molecule has 1 aliphatic rings. The highest BCUT2D eigenvalue weighted by Gasteiger charge is 2.33. The third kappa shape index (κ3) is 5.75. The monoisotopic (exact) mass is 479 g/mol. The van der Waals surface area contributed by atoms with E-state index in [2.05, 4.69) is 9.97 Å². The number of hydrogen-bond acceptors (Lipinski definition) is 9. The van der Waals surface area contributed by atoms with E-state index in [-0.39, 0.29) is 23.2 Å². The van der Waals surface area contributed by atoms with Crippen LogP contribution in [0.4, 0.5) is 17.3 Å². The summed E-state index contributed by atoms with van der Waals surface area (Å²) in [5.74, 6) is 0.657. The Balaban J connectivity index is 1.59. The molecule has 1 fully saturated rings. The van der Waals surface area contributed by atoms with E-state index in [0.29, 0.717) is 51.6 Å². The molecule has 11 heteroatoms. The number of aromatic nitrogens is 2. The van der Waals surface area contributed by atoms with E-state index in [0.717, 1.165) is 5.56 Å². The number of carbonyl (C=O) groups is 1. The van der Waals surface area contributed by atoms with Crippen molar-refractivity contribution in [2.24, 2.45) is 0 Å². The zero-order valence-corrected chi connectivity index (χ0v) is 19.9. The lowest BCUT2D eigenvalue weighted by Gasteiger charge is -2.35. The molecule has 184 valence electrons. The third-order valence-electron chi connectivity index (χ3n) is 5.90. The van der Waals surface area contributed by atoms with Crippen molar-refractivity contribution in [3.8, 4) is 0 Å². The molecule has 0 N–H and O–H groups in total. The Morgan fingerprint density at radius 1 is 1.06 bits per heavy atom. The zero-order chi connectivity index (χ0) is 24.8. The Hall–Kier alpha value is -3.99. The summed E-state index contributed by atoms with van der Waals surface area (Å²) >= 11 is 0. The molecule has 0 radical (unpaired) electrons. The Kier molecular flexibility index (Phi) is 7.56. The van der Waals surface area contributed by atoms with Gasteiger partial charge in [-0.15, -0.1) is 0 Å². The number of benzene rings is 1. The fraction of sp³-hybridized carbons (Fsp3) is 0.375. The van der Waals surface area contributed by atoms with Crippen LogP contribution in [-0.2, 0) is 6.54 Å². The van der Waals surface area contributed by atoms with E-state index < -0.39 is 4.92 Å². The number of piperazine rings is 1. The molecule has 0 spiro atoms. The van der Waals surface area contributed by atoms with Crippen molar-refractivity contribution in [2.45, 2.75) is 6.54 Å². The summed E-state index contributed by atoms with van der Waals surface area (Å²) in [6.07, 6.45) is 2.85. The highest BCUT2D eigenvalue weighted by atomic mass is 16.6. The molecule has 11 nitrogen and oxygen atoms in total. The summed E-state index contributed by atoms with van der Waals surface area (Å²) in [6.45, 7) is 3.40. The average Bonchev–Trinajstić information content (AvgIpc) is 3.41. The van der Waals surface area contributed by atoms with Crippen LogP contribution in [0.1, 0.15) is 16.1 Å². The summed E-state index contributed by atoms with van der Waals surface area (Å²) < 4.78 is 5.22. The van der Waals surface area contributed by atoms with Crippen molar-refractivity contribution in [2.75, 3.05) is 63.2 Å². The smallest absolute Gasteiger partial charge is 0.353 e. The van der Waals surface area contributed by atoms with Crippen molar-refractivity contribution in [1.82, 2.24) is 19.8 Å². The molecule has 1 aliphatic heterocycles. The van der Waals surface area contributed by atoms with Crippen molar-refractivity contribution >= 4 is 23.2 Å². The van der Waals surface area contributed by atoms with Crippen molar-refractivity contribution in [1.29, 1.82) is 0 Å². The Morgan fingerprint density at radius 3 is 2.43 bits per heavy atom. The minimum Gasteiger partial charge on any atom is -0.459 e. The lowest BCUT2D eigenvalue weighted by atomic mass is 10.2. The minimum absolute atomic E-state index is 0.118. The van der Waals surface area contributed by atoms with Crippen LogP contribution >= 0.6 is 0 Å². The molecule has 1 aromatic carbocycles. The van der Waals surface area contributed by atoms with Crippen molar-refractivity contribution < 1.29 is 14.1 Å². The lowest BCUT2D eigenvalue weighted by Crippen LogP contribution is -2.49. The maximum absolute atomic E-state index is 12.6. The molecule has 35 heavy (non-hydrogen) atoms. The highest BCUT2D eigenvalue weighted by Crippen LogP contribution is 2.35. The predicted molar refractivity (Wildman–Crippen MR) is 132 cm³/mol. The van der Waals surface area contributed by atoms with Crippen LogP contribution in [0, 0.1) is 10.1 Å². The van der Waals surface area contributed by atoms with Crippen molar-refractivity contribution in [3.05, 3.63) is 76.5 Å². The Morgan fingerprint density at radius 2 is 1.80 bits per heavy atom. The largest absolute Gasteiger partial charge is 0.459 e. The molecule has 0 unspecified atom stereocenters. The van der Waals surface area contributed by atoms with E-state index >= 15 is 0 Å². The number of carbonyl (C=O) groups excluding carboxylic acids is 1. The fourth-order valence-corrected chi connectivity index (χ4v) is 4.05. The molecular formula is C24H29N7O4. The second kappa shape index (κ2) is 11.0. The van der Waals surface area contributed by atoms with Crippen LogP contribution < -0.4 is 9.80 Å². The zero-order valence-electron chi connectivity index (χ0n) is 19.9. The maximum Gasteiger partial charge on any atom is 0.353 e. The summed E-state index contributed by atoms with van der Waals surface area (Å²) in [7, 11) is 3.92. The second-order valence-electron chi connectivity index (χ2n) is 8.59. The van der Waals surface area contributed by atoms with E-state index in [9.17, 15) is 14.9 Å². The van der Waals surface area contributed by atoms with Gasteiger partial charge in [-0.2, -0.15) is 0 Å². The molecule has 2 aromatic heterocycles. The molecule has 4 rings (SSSR count). The van der Waals surface area contributed by atoms with Gasteiger partial charge in [0.1, 0.15) is 6.33 Å². The first kappa shape index (κ1) is 24.1. The van der Waals surface area contributed by atoms with Crippen LogP contribution in [0.15, 0.2) is 59.5 Å². The molecule has 0 bridgehead atoms. The number of anilines is 2. The van der Waals surface area contributed by atoms with E-state index in [1.165, 1.54) is 12.6 Å². The van der Waals surface area contributed by atoms with Gasteiger partial charge in [-0.05, 0) is 31.8 Å². The first-order chi connectivity index (χ1) is 16.9. The lowest BCUT2D eigenvalue weighted by molar-refractivity contribution is -0.383. The van der Waals surface area contributed by atoms with Crippen LogP contribution in [0.25, 0.3) is 0 Å².